The summed E-state index contributed by atoms with van der Waals surface area (Å²) < 4.78 is 1.78. The second-order valence-corrected chi connectivity index (χ2v) is 3.50. The van der Waals surface area contributed by atoms with E-state index in [1.54, 1.807) is 11.6 Å². The van der Waals surface area contributed by atoms with E-state index in [1.165, 1.54) is 5.56 Å². The van der Waals surface area contributed by atoms with Crippen LogP contribution in [0.3, 0.4) is 0 Å². The highest BCUT2D eigenvalue weighted by atomic mass is 16.3. The molecule has 0 aliphatic heterocycles. The average molecular weight is 168 g/mol. The van der Waals surface area contributed by atoms with Gasteiger partial charge in [-0.3, -0.25) is 4.68 Å². The number of nitrogens with zero attached hydrogens (tertiary/aromatic N) is 2. The minimum Gasteiger partial charge on any atom is -0.391 e. The zero-order chi connectivity index (χ0) is 9.14. The normalized spacial score (nSPS) is 13.8. The summed E-state index contributed by atoms with van der Waals surface area (Å²) in [5.74, 6) is 0.507. The maximum absolute atomic E-state index is 9.09. The van der Waals surface area contributed by atoms with Crippen LogP contribution in [0.4, 0.5) is 0 Å². The van der Waals surface area contributed by atoms with Crippen molar-refractivity contribution in [3.05, 3.63) is 18.0 Å². The van der Waals surface area contributed by atoms with Crippen LogP contribution in [0.15, 0.2) is 12.4 Å². The van der Waals surface area contributed by atoms with Crippen molar-refractivity contribution in [2.45, 2.75) is 39.3 Å². The molecule has 1 aromatic rings. The molecule has 0 radical (unpaired) electrons. The van der Waals surface area contributed by atoms with Crippen molar-refractivity contribution in [1.82, 2.24) is 9.78 Å². The molecule has 3 nitrogen and oxygen atoms in total. The Morgan fingerprint density at radius 2 is 2.17 bits per heavy atom. The molecule has 0 saturated carbocycles. The molecule has 0 aliphatic rings. The monoisotopic (exact) mass is 168 g/mol. The van der Waals surface area contributed by atoms with E-state index in [9.17, 15) is 0 Å². The Bertz CT molecular complexity index is 240. The van der Waals surface area contributed by atoms with Gasteiger partial charge in [0.15, 0.2) is 0 Å². The third kappa shape index (κ3) is 2.34. The number of rotatable bonds is 3. The highest BCUT2D eigenvalue weighted by Gasteiger charge is 2.03. The lowest BCUT2D eigenvalue weighted by Crippen LogP contribution is -2.11. The Morgan fingerprint density at radius 1 is 1.50 bits per heavy atom. The van der Waals surface area contributed by atoms with E-state index in [0.717, 1.165) is 0 Å². The summed E-state index contributed by atoms with van der Waals surface area (Å²) >= 11 is 0. The molecule has 0 aromatic carbocycles. The molecule has 1 N–H and O–H groups in total. The van der Waals surface area contributed by atoms with Crippen molar-refractivity contribution in [1.29, 1.82) is 0 Å². The third-order valence-electron chi connectivity index (χ3n) is 1.77. The van der Waals surface area contributed by atoms with Crippen molar-refractivity contribution in [3.63, 3.8) is 0 Å². The van der Waals surface area contributed by atoms with Crippen LogP contribution < -0.4 is 0 Å². The SMILES string of the molecule is CC(C)c1cnn(C[C@@H](C)O)c1. The van der Waals surface area contributed by atoms with Gasteiger partial charge in [0.2, 0.25) is 0 Å². The van der Waals surface area contributed by atoms with E-state index in [-0.39, 0.29) is 6.10 Å². The van der Waals surface area contributed by atoms with E-state index < -0.39 is 0 Å². The highest BCUT2D eigenvalue weighted by molar-refractivity contribution is 5.08. The Morgan fingerprint density at radius 3 is 2.58 bits per heavy atom. The van der Waals surface area contributed by atoms with Gasteiger partial charge >= 0.3 is 0 Å². The molecular formula is C9H16N2O. The molecule has 3 heteroatoms. The predicted molar refractivity (Wildman–Crippen MR) is 48.0 cm³/mol. The summed E-state index contributed by atoms with van der Waals surface area (Å²) in [5, 5.41) is 13.2. The fourth-order valence-corrected chi connectivity index (χ4v) is 1.05. The zero-order valence-corrected chi connectivity index (χ0v) is 7.86. The molecule has 12 heavy (non-hydrogen) atoms. The lowest BCUT2D eigenvalue weighted by Gasteiger charge is -2.03. The van der Waals surface area contributed by atoms with Crippen molar-refractivity contribution < 1.29 is 5.11 Å². The van der Waals surface area contributed by atoms with Gasteiger partial charge in [0.1, 0.15) is 0 Å². The lowest BCUT2D eigenvalue weighted by atomic mass is 10.1. The molecule has 1 aromatic heterocycles. The quantitative estimate of drug-likeness (QED) is 0.740. The maximum Gasteiger partial charge on any atom is 0.0708 e. The molecule has 0 spiro atoms. The van der Waals surface area contributed by atoms with E-state index >= 15 is 0 Å². The van der Waals surface area contributed by atoms with Crippen LogP contribution in [0.2, 0.25) is 0 Å². The molecule has 0 bridgehead atoms. The molecule has 68 valence electrons. The third-order valence-corrected chi connectivity index (χ3v) is 1.77. The van der Waals surface area contributed by atoms with Gasteiger partial charge in [-0.2, -0.15) is 5.10 Å². The molecule has 1 heterocycles. The summed E-state index contributed by atoms with van der Waals surface area (Å²) in [5.41, 5.74) is 1.22. The van der Waals surface area contributed by atoms with Crippen LogP contribution in [0.5, 0.6) is 0 Å². The summed E-state index contributed by atoms with van der Waals surface area (Å²) in [6.07, 6.45) is 3.51. The molecule has 0 unspecified atom stereocenters. The first kappa shape index (κ1) is 9.26. The summed E-state index contributed by atoms with van der Waals surface area (Å²) in [7, 11) is 0. The van der Waals surface area contributed by atoms with Gasteiger partial charge in [0.05, 0.1) is 18.8 Å². The van der Waals surface area contributed by atoms with Gasteiger partial charge in [-0.15, -0.1) is 0 Å². The summed E-state index contributed by atoms with van der Waals surface area (Å²) in [6.45, 7) is 6.59. The molecular weight excluding hydrogens is 152 g/mol. The smallest absolute Gasteiger partial charge is 0.0708 e. The number of aliphatic hydroxyl groups excluding tert-OH is 1. The second-order valence-electron chi connectivity index (χ2n) is 3.50. The first-order valence-corrected chi connectivity index (χ1v) is 4.30. The first-order chi connectivity index (χ1) is 5.59. The van der Waals surface area contributed by atoms with E-state index in [2.05, 4.69) is 18.9 Å². The van der Waals surface area contributed by atoms with Crippen LogP contribution in [-0.4, -0.2) is 21.0 Å². The fourth-order valence-electron chi connectivity index (χ4n) is 1.05. The highest BCUT2D eigenvalue weighted by Crippen LogP contribution is 2.12. The van der Waals surface area contributed by atoms with Gasteiger partial charge < -0.3 is 5.11 Å². The Balaban J connectivity index is 2.64. The number of aliphatic hydroxyl groups is 1. The van der Waals surface area contributed by atoms with E-state index in [0.29, 0.717) is 12.5 Å². The number of hydrogen-bond acceptors (Lipinski definition) is 2. The van der Waals surface area contributed by atoms with E-state index in [1.807, 2.05) is 12.4 Å². The second kappa shape index (κ2) is 3.72. The van der Waals surface area contributed by atoms with Crippen molar-refractivity contribution in [2.24, 2.45) is 0 Å². The minimum atomic E-state index is -0.329. The molecule has 0 amide bonds. The van der Waals surface area contributed by atoms with Gasteiger partial charge in [-0.1, -0.05) is 13.8 Å². The molecule has 0 aliphatic carbocycles. The van der Waals surface area contributed by atoms with Gasteiger partial charge in [0, 0.05) is 6.20 Å². The largest absolute Gasteiger partial charge is 0.391 e. The predicted octanol–water partition coefficient (Wildman–Crippen LogP) is 1.39. The summed E-state index contributed by atoms with van der Waals surface area (Å²) in [6, 6.07) is 0. The Kier molecular flexibility index (Phi) is 2.87. The zero-order valence-electron chi connectivity index (χ0n) is 7.86. The Hall–Kier alpha value is -0.830. The molecule has 0 saturated heterocycles. The van der Waals surface area contributed by atoms with E-state index in [4.69, 9.17) is 5.11 Å². The van der Waals surface area contributed by atoms with Crippen molar-refractivity contribution in [2.75, 3.05) is 0 Å². The van der Waals surface area contributed by atoms with Crippen LogP contribution in [-0.2, 0) is 6.54 Å². The number of hydrogen-bond donors (Lipinski definition) is 1. The molecule has 1 rings (SSSR count). The van der Waals surface area contributed by atoms with Gasteiger partial charge in [0.25, 0.3) is 0 Å². The lowest BCUT2D eigenvalue weighted by molar-refractivity contribution is 0.168. The number of aromatic nitrogens is 2. The Labute approximate surface area is 73.0 Å². The topological polar surface area (TPSA) is 38.0 Å². The fraction of sp³-hybridized carbons (Fsp3) is 0.667. The average Bonchev–Trinajstić information content (AvgIpc) is 2.34. The standard InChI is InChI=1S/C9H16N2O/c1-7(2)9-4-10-11(6-9)5-8(3)12/h4,6-8,12H,5H2,1-3H3/t8-/m1/s1. The van der Waals surface area contributed by atoms with Crippen molar-refractivity contribution in [3.8, 4) is 0 Å². The van der Waals surface area contributed by atoms with Crippen LogP contribution >= 0.6 is 0 Å². The summed E-state index contributed by atoms with van der Waals surface area (Å²) in [4.78, 5) is 0. The minimum absolute atomic E-state index is 0.329. The van der Waals surface area contributed by atoms with Gasteiger partial charge in [-0.05, 0) is 18.4 Å². The van der Waals surface area contributed by atoms with Gasteiger partial charge in [-0.25, -0.2) is 0 Å². The van der Waals surface area contributed by atoms with Crippen LogP contribution in [0.1, 0.15) is 32.3 Å². The molecule has 0 fully saturated rings. The van der Waals surface area contributed by atoms with Crippen molar-refractivity contribution >= 4 is 0 Å². The van der Waals surface area contributed by atoms with Crippen LogP contribution in [0.25, 0.3) is 0 Å². The first-order valence-electron chi connectivity index (χ1n) is 4.30. The molecule has 1 atom stereocenters. The maximum atomic E-state index is 9.09. The van der Waals surface area contributed by atoms with Crippen LogP contribution in [0, 0.1) is 0 Å².